The first kappa shape index (κ1) is 10.0. The smallest absolute Gasteiger partial charge is 0.137 e. The zero-order valence-electron chi connectivity index (χ0n) is 7.71. The van der Waals surface area contributed by atoms with Crippen LogP contribution in [0, 0.1) is 3.57 Å². The van der Waals surface area contributed by atoms with E-state index in [9.17, 15) is 0 Å². The van der Waals surface area contributed by atoms with Gasteiger partial charge in [0.15, 0.2) is 0 Å². The van der Waals surface area contributed by atoms with Gasteiger partial charge in [-0.15, -0.1) is 11.3 Å². The molecule has 0 aliphatic heterocycles. The van der Waals surface area contributed by atoms with Crippen LogP contribution >= 0.6 is 33.9 Å². The Hall–Kier alpha value is -0.490. The number of hydrogen-bond donors (Lipinski definition) is 1. The third-order valence-electron chi connectivity index (χ3n) is 1.96. The summed E-state index contributed by atoms with van der Waals surface area (Å²) in [6, 6.07) is 4.08. The summed E-state index contributed by atoms with van der Waals surface area (Å²) in [5, 5.41) is 3.15. The van der Waals surface area contributed by atoms with E-state index in [-0.39, 0.29) is 0 Å². The second-order valence-corrected chi connectivity index (χ2v) is 4.98. The Bertz CT molecular complexity index is 466. The first-order chi connectivity index (χ1) is 6.72. The molecule has 0 spiro atoms. The van der Waals surface area contributed by atoms with Gasteiger partial charge in [0.05, 0.1) is 6.61 Å². The average molecular weight is 319 g/mol. The first-order valence-corrected chi connectivity index (χ1v) is 6.27. The number of nitrogen functional groups attached to an aromatic ring is 1. The quantitative estimate of drug-likeness (QED) is 0.679. The summed E-state index contributed by atoms with van der Waals surface area (Å²) in [6.07, 6.45) is 0. The molecular weight excluding hydrogens is 309 g/mol. The fourth-order valence-corrected chi connectivity index (χ4v) is 2.89. The maximum atomic E-state index is 5.85. The third kappa shape index (κ3) is 1.68. The van der Waals surface area contributed by atoms with Crippen LogP contribution in [0.1, 0.15) is 6.92 Å². The van der Waals surface area contributed by atoms with Gasteiger partial charge in [0.2, 0.25) is 0 Å². The monoisotopic (exact) mass is 319 g/mol. The lowest BCUT2D eigenvalue weighted by Crippen LogP contribution is -1.91. The molecule has 0 aliphatic carbocycles. The van der Waals surface area contributed by atoms with E-state index in [2.05, 4.69) is 28.7 Å². The highest BCUT2D eigenvalue weighted by atomic mass is 127. The molecule has 74 valence electrons. The van der Waals surface area contributed by atoms with Gasteiger partial charge in [0.1, 0.15) is 5.75 Å². The van der Waals surface area contributed by atoms with E-state index in [4.69, 9.17) is 10.5 Å². The van der Waals surface area contributed by atoms with Crippen LogP contribution in [-0.4, -0.2) is 6.61 Å². The molecule has 0 radical (unpaired) electrons. The number of fused-ring (bicyclic) bond motifs is 1. The van der Waals surface area contributed by atoms with Crippen LogP contribution in [0.5, 0.6) is 5.75 Å². The number of halogens is 1. The number of benzene rings is 1. The van der Waals surface area contributed by atoms with Crippen molar-refractivity contribution >= 4 is 49.7 Å². The highest BCUT2D eigenvalue weighted by Gasteiger charge is 2.07. The largest absolute Gasteiger partial charge is 0.492 e. The molecule has 0 aliphatic rings. The minimum absolute atomic E-state index is 0.692. The molecule has 0 atom stereocenters. The van der Waals surface area contributed by atoms with Gasteiger partial charge in [-0.05, 0) is 41.6 Å². The molecule has 1 aromatic carbocycles. The minimum Gasteiger partial charge on any atom is -0.492 e. The fraction of sp³-hybridized carbons (Fsp3) is 0.200. The van der Waals surface area contributed by atoms with Crippen molar-refractivity contribution in [1.29, 1.82) is 0 Å². The normalized spacial score (nSPS) is 10.7. The van der Waals surface area contributed by atoms with Gasteiger partial charge in [0, 0.05) is 24.7 Å². The van der Waals surface area contributed by atoms with Gasteiger partial charge in [-0.2, -0.15) is 0 Å². The molecule has 2 nitrogen and oxygen atoms in total. The van der Waals surface area contributed by atoms with Crippen molar-refractivity contribution in [3.63, 3.8) is 0 Å². The number of anilines is 1. The Kier molecular flexibility index (Phi) is 2.83. The lowest BCUT2D eigenvalue weighted by Gasteiger charge is -2.02. The summed E-state index contributed by atoms with van der Waals surface area (Å²) in [7, 11) is 0. The van der Waals surface area contributed by atoms with Crippen molar-refractivity contribution in [1.82, 2.24) is 0 Å². The Morgan fingerprint density at radius 2 is 2.29 bits per heavy atom. The van der Waals surface area contributed by atoms with Gasteiger partial charge >= 0.3 is 0 Å². The minimum atomic E-state index is 0.692. The molecule has 2 aromatic rings. The van der Waals surface area contributed by atoms with E-state index < -0.39 is 0 Å². The van der Waals surface area contributed by atoms with Crippen LogP contribution < -0.4 is 10.5 Å². The van der Waals surface area contributed by atoms with Crippen molar-refractivity contribution in [3.8, 4) is 5.75 Å². The van der Waals surface area contributed by atoms with Gasteiger partial charge in [-0.3, -0.25) is 0 Å². The topological polar surface area (TPSA) is 35.2 Å². The Morgan fingerprint density at radius 3 is 3.00 bits per heavy atom. The van der Waals surface area contributed by atoms with Crippen molar-refractivity contribution in [2.24, 2.45) is 0 Å². The molecular formula is C10H10INOS. The molecule has 14 heavy (non-hydrogen) atoms. The highest BCUT2D eigenvalue weighted by molar-refractivity contribution is 14.1. The number of hydrogen-bond acceptors (Lipinski definition) is 3. The number of rotatable bonds is 2. The summed E-state index contributed by atoms with van der Waals surface area (Å²) in [4.78, 5) is 0. The predicted molar refractivity (Wildman–Crippen MR) is 70.1 cm³/mol. The zero-order valence-corrected chi connectivity index (χ0v) is 10.7. The lowest BCUT2D eigenvalue weighted by molar-refractivity contribution is 0.345. The van der Waals surface area contributed by atoms with E-state index in [1.807, 2.05) is 18.4 Å². The van der Waals surface area contributed by atoms with E-state index in [0.29, 0.717) is 6.61 Å². The van der Waals surface area contributed by atoms with Crippen LogP contribution in [-0.2, 0) is 0 Å². The highest BCUT2D eigenvalue weighted by Crippen LogP contribution is 2.35. The zero-order chi connectivity index (χ0) is 10.1. The van der Waals surface area contributed by atoms with Gasteiger partial charge in [-0.25, -0.2) is 0 Å². The van der Waals surface area contributed by atoms with Crippen LogP contribution in [0.25, 0.3) is 10.1 Å². The SMILES string of the molecule is CCOc1csc2cc(I)c(N)cc12. The van der Waals surface area contributed by atoms with E-state index in [1.54, 1.807) is 11.3 Å². The molecule has 1 heterocycles. The maximum absolute atomic E-state index is 5.85. The summed E-state index contributed by atoms with van der Waals surface area (Å²) in [6.45, 7) is 2.68. The Balaban J connectivity index is 2.61. The van der Waals surface area contributed by atoms with Gasteiger partial charge < -0.3 is 10.5 Å². The molecule has 2 N–H and O–H groups in total. The van der Waals surface area contributed by atoms with Crippen LogP contribution in [0.4, 0.5) is 5.69 Å². The van der Waals surface area contributed by atoms with Gasteiger partial charge in [-0.1, -0.05) is 0 Å². The van der Waals surface area contributed by atoms with E-state index in [0.717, 1.165) is 20.4 Å². The van der Waals surface area contributed by atoms with E-state index in [1.165, 1.54) is 4.70 Å². The molecule has 4 heteroatoms. The molecule has 0 saturated heterocycles. The van der Waals surface area contributed by atoms with Crippen LogP contribution in [0.2, 0.25) is 0 Å². The molecule has 1 aromatic heterocycles. The fourth-order valence-electron chi connectivity index (χ4n) is 1.31. The molecule has 0 saturated carbocycles. The van der Waals surface area contributed by atoms with Gasteiger partial charge in [0.25, 0.3) is 0 Å². The molecule has 0 amide bonds. The number of nitrogens with two attached hydrogens (primary N) is 1. The lowest BCUT2D eigenvalue weighted by atomic mass is 10.2. The Morgan fingerprint density at radius 1 is 1.50 bits per heavy atom. The molecule has 0 bridgehead atoms. The molecule has 0 fully saturated rings. The summed E-state index contributed by atoms with van der Waals surface area (Å²) in [5.41, 5.74) is 6.67. The molecule has 2 rings (SSSR count). The van der Waals surface area contributed by atoms with Crippen molar-refractivity contribution in [2.75, 3.05) is 12.3 Å². The third-order valence-corrected chi connectivity index (χ3v) is 3.81. The average Bonchev–Trinajstić information content (AvgIpc) is 2.51. The standard InChI is InChI=1S/C10H10INOS/c1-2-13-9-5-14-10-4-7(11)8(12)3-6(9)10/h3-5H,2,12H2,1H3. The Labute approximate surface area is 100 Å². The number of thiophene rings is 1. The second-order valence-electron chi connectivity index (χ2n) is 2.90. The summed E-state index contributed by atoms with van der Waals surface area (Å²) >= 11 is 3.94. The summed E-state index contributed by atoms with van der Waals surface area (Å²) in [5.74, 6) is 0.940. The van der Waals surface area contributed by atoms with E-state index >= 15 is 0 Å². The second kappa shape index (κ2) is 3.94. The van der Waals surface area contributed by atoms with Crippen LogP contribution in [0.15, 0.2) is 17.5 Å². The first-order valence-electron chi connectivity index (χ1n) is 4.31. The van der Waals surface area contributed by atoms with Crippen molar-refractivity contribution in [2.45, 2.75) is 6.92 Å². The predicted octanol–water partition coefficient (Wildman–Crippen LogP) is 3.49. The number of ether oxygens (including phenoxy) is 1. The summed E-state index contributed by atoms with van der Waals surface area (Å²) < 4.78 is 7.83. The molecule has 0 unspecified atom stereocenters. The van der Waals surface area contributed by atoms with Crippen molar-refractivity contribution in [3.05, 3.63) is 21.1 Å². The van der Waals surface area contributed by atoms with Crippen LogP contribution in [0.3, 0.4) is 0 Å². The maximum Gasteiger partial charge on any atom is 0.137 e. The van der Waals surface area contributed by atoms with Crippen molar-refractivity contribution < 1.29 is 4.74 Å².